The number of fused-ring (bicyclic) bond motifs is 2. The predicted octanol–water partition coefficient (Wildman–Crippen LogP) is 6.66. The molecule has 3 aromatic rings. The fourth-order valence-electron chi connectivity index (χ4n) is 3.50. The minimum Gasteiger partial charge on any atom is -0.453 e. The van der Waals surface area contributed by atoms with Gasteiger partial charge in [0.05, 0.1) is 28.3 Å². The van der Waals surface area contributed by atoms with Crippen LogP contribution >= 0.6 is 0 Å². The Morgan fingerprint density at radius 1 is 0.857 bits per heavy atom. The van der Waals surface area contributed by atoms with Gasteiger partial charge in [0.1, 0.15) is 0 Å². The van der Waals surface area contributed by atoms with Gasteiger partial charge in [0.25, 0.3) is 0 Å². The van der Waals surface area contributed by atoms with E-state index in [1.807, 2.05) is 53.4 Å². The zero-order chi connectivity index (χ0) is 20.1. The molecular formula is C22H19F3N2O. The Morgan fingerprint density at radius 3 is 1.89 bits per heavy atom. The molecule has 28 heavy (non-hydrogen) atoms. The number of hydrogen-bond donors (Lipinski definition) is 0. The first kappa shape index (κ1) is 18.2. The third-order valence-electron chi connectivity index (χ3n) is 4.75. The standard InChI is InChI=1S/C22H19F3N2O/c1-14-12-15(22(23,24)25)13-18(26(2)3)21(14)27-16-8-4-6-10-19(16)28-20-11-7-5-9-17(20)27/h4-13H,1-3H3. The van der Waals surface area contributed by atoms with E-state index in [1.165, 1.54) is 12.1 Å². The number of anilines is 4. The van der Waals surface area contributed by atoms with Crippen molar-refractivity contribution in [1.82, 2.24) is 0 Å². The van der Waals surface area contributed by atoms with Crippen LogP contribution in [0.3, 0.4) is 0 Å². The zero-order valence-corrected chi connectivity index (χ0v) is 15.7. The largest absolute Gasteiger partial charge is 0.453 e. The van der Waals surface area contributed by atoms with Crippen LogP contribution < -0.4 is 14.5 Å². The van der Waals surface area contributed by atoms with Crippen LogP contribution in [0.1, 0.15) is 11.1 Å². The third-order valence-corrected chi connectivity index (χ3v) is 4.75. The second-order valence-corrected chi connectivity index (χ2v) is 6.93. The molecule has 3 nitrogen and oxygen atoms in total. The van der Waals surface area contributed by atoms with E-state index < -0.39 is 11.7 Å². The Morgan fingerprint density at radius 2 is 1.39 bits per heavy atom. The summed E-state index contributed by atoms with van der Waals surface area (Å²) in [5.41, 5.74) is 2.62. The van der Waals surface area contributed by atoms with Gasteiger partial charge in [-0.15, -0.1) is 0 Å². The van der Waals surface area contributed by atoms with Crippen molar-refractivity contribution < 1.29 is 17.9 Å². The highest BCUT2D eigenvalue weighted by molar-refractivity contribution is 5.92. The molecule has 1 aliphatic rings. The molecule has 144 valence electrons. The summed E-state index contributed by atoms with van der Waals surface area (Å²) in [6, 6.07) is 17.4. The Hall–Kier alpha value is -3.15. The predicted molar refractivity (Wildman–Crippen MR) is 105 cm³/mol. The number of halogens is 3. The SMILES string of the molecule is Cc1cc(C(F)(F)F)cc(N(C)C)c1N1c2ccccc2Oc2ccccc21. The van der Waals surface area contributed by atoms with Crippen molar-refractivity contribution in [2.45, 2.75) is 13.1 Å². The Kier molecular flexibility index (Phi) is 4.22. The lowest BCUT2D eigenvalue weighted by atomic mass is 10.0. The van der Waals surface area contributed by atoms with E-state index in [4.69, 9.17) is 4.74 Å². The van der Waals surface area contributed by atoms with E-state index in [1.54, 1.807) is 25.9 Å². The van der Waals surface area contributed by atoms with E-state index in [2.05, 4.69) is 0 Å². The summed E-state index contributed by atoms with van der Waals surface area (Å²) in [6.45, 7) is 1.71. The Bertz CT molecular complexity index is 999. The molecule has 0 radical (unpaired) electrons. The van der Waals surface area contributed by atoms with Crippen molar-refractivity contribution >= 4 is 22.7 Å². The molecular weight excluding hydrogens is 365 g/mol. The van der Waals surface area contributed by atoms with Crippen molar-refractivity contribution in [3.05, 3.63) is 71.8 Å². The lowest BCUT2D eigenvalue weighted by Gasteiger charge is -2.36. The van der Waals surface area contributed by atoms with Gasteiger partial charge in [-0.3, -0.25) is 0 Å². The lowest BCUT2D eigenvalue weighted by Crippen LogP contribution is -2.21. The van der Waals surface area contributed by atoms with Gasteiger partial charge in [0.15, 0.2) is 11.5 Å². The Labute approximate surface area is 161 Å². The molecule has 0 bridgehead atoms. The molecule has 0 unspecified atom stereocenters. The van der Waals surface area contributed by atoms with Crippen molar-refractivity contribution in [2.75, 3.05) is 23.9 Å². The van der Waals surface area contributed by atoms with Gasteiger partial charge in [-0.2, -0.15) is 13.2 Å². The van der Waals surface area contributed by atoms with Crippen LogP contribution in [0.2, 0.25) is 0 Å². The van der Waals surface area contributed by atoms with Gasteiger partial charge in [-0.25, -0.2) is 0 Å². The van der Waals surface area contributed by atoms with Crippen molar-refractivity contribution in [2.24, 2.45) is 0 Å². The number of hydrogen-bond acceptors (Lipinski definition) is 3. The highest BCUT2D eigenvalue weighted by atomic mass is 19.4. The van der Waals surface area contributed by atoms with Crippen LogP contribution in [0.5, 0.6) is 11.5 Å². The fourth-order valence-corrected chi connectivity index (χ4v) is 3.50. The summed E-state index contributed by atoms with van der Waals surface area (Å²) >= 11 is 0. The van der Waals surface area contributed by atoms with Crippen LogP contribution in [-0.4, -0.2) is 14.1 Å². The molecule has 0 spiro atoms. The molecule has 1 aliphatic heterocycles. The molecule has 0 saturated carbocycles. The van der Waals surface area contributed by atoms with E-state index in [0.29, 0.717) is 28.4 Å². The summed E-state index contributed by atoms with van der Waals surface area (Å²) in [7, 11) is 3.49. The number of aryl methyl sites for hydroxylation is 1. The first-order valence-corrected chi connectivity index (χ1v) is 8.82. The molecule has 1 heterocycles. The highest BCUT2D eigenvalue weighted by Gasteiger charge is 2.34. The summed E-state index contributed by atoms with van der Waals surface area (Å²) in [5.74, 6) is 1.32. The average Bonchev–Trinajstić information content (AvgIpc) is 2.65. The average molecular weight is 384 g/mol. The van der Waals surface area contributed by atoms with Crippen molar-refractivity contribution in [3.63, 3.8) is 0 Å². The fraction of sp³-hybridized carbons (Fsp3) is 0.182. The zero-order valence-electron chi connectivity index (χ0n) is 15.7. The van der Waals surface area contributed by atoms with Crippen LogP contribution in [0.25, 0.3) is 0 Å². The summed E-state index contributed by atoms with van der Waals surface area (Å²) in [5, 5.41) is 0. The van der Waals surface area contributed by atoms with E-state index in [-0.39, 0.29) is 0 Å². The van der Waals surface area contributed by atoms with Crippen LogP contribution in [-0.2, 0) is 6.18 Å². The smallest absolute Gasteiger partial charge is 0.416 e. The maximum atomic E-state index is 13.4. The minimum absolute atomic E-state index is 0.485. The molecule has 0 atom stereocenters. The topological polar surface area (TPSA) is 15.7 Å². The van der Waals surface area contributed by atoms with Crippen LogP contribution in [0.4, 0.5) is 35.9 Å². The van der Waals surface area contributed by atoms with Crippen molar-refractivity contribution in [3.8, 4) is 11.5 Å². The minimum atomic E-state index is -4.41. The van der Waals surface area contributed by atoms with Gasteiger partial charge in [-0.1, -0.05) is 24.3 Å². The molecule has 4 rings (SSSR count). The number of benzene rings is 3. The molecule has 3 aromatic carbocycles. The van der Waals surface area contributed by atoms with Gasteiger partial charge < -0.3 is 14.5 Å². The molecule has 0 aromatic heterocycles. The molecule has 0 N–H and O–H groups in total. The number of alkyl halides is 3. The number of nitrogens with zero attached hydrogens (tertiary/aromatic N) is 2. The summed E-state index contributed by atoms with van der Waals surface area (Å²) in [4.78, 5) is 3.68. The Balaban J connectivity index is 2.02. The second kappa shape index (κ2) is 6.48. The lowest BCUT2D eigenvalue weighted by molar-refractivity contribution is -0.137. The van der Waals surface area contributed by atoms with Gasteiger partial charge >= 0.3 is 6.18 Å². The second-order valence-electron chi connectivity index (χ2n) is 6.93. The number of para-hydroxylation sites is 4. The maximum absolute atomic E-state index is 13.4. The van der Waals surface area contributed by atoms with Gasteiger partial charge in [0, 0.05) is 14.1 Å². The van der Waals surface area contributed by atoms with E-state index >= 15 is 0 Å². The number of rotatable bonds is 2. The number of ether oxygens (including phenoxy) is 1. The monoisotopic (exact) mass is 384 g/mol. The van der Waals surface area contributed by atoms with Gasteiger partial charge in [-0.05, 0) is 48.9 Å². The first-order valence-electron chi connectivity index (χ1n) is 8.82. The molecule has 0 fully saturated rings. The molecule has 0 saturated heterocycles. The van der Waals surface area contributed by atoms with Crippen LogP contribution in [0.15, 0.2) is 60.7 Å². The van der Waals surface area contributed by atoms with E-state index in [0.717, 1.165) is 11.4 Å². The van der Waals surface area contributed by atoms with Crippen LogP contribution in [0, 0.1) is 6.92 Å². The van der Waals surface area contributed by atoms with E-state index in [9.17, 15) is 13.2 Å². The third kappa shape index (κ3) is 2.95. The molecule has 6 heteroatoms. The normalized spacial score (nSPS) is 12.9. The molecule has 0 aliphatic carbocycles. The maximum Gasteiger partial charge on any atom is 0.416 e. The highest BCUT2D eigenvalue weighted by Crippen LogP contribution is 2.53. The van der Waals surface area contributed by atoms with Crippen molar-refractivity contribution in [1.29, 1.82) is 0 Å². The summed E-state index contributed by atoms with van der Waals surface area (Å²) in [6.07, 6.45) is -4.41. The quantitative estimate of drug-likeness (QED) is 0.385. The summed E-state index contributed by atoms with van der Waals surface area (Å²) < 4.78 is 46.2. The van der Waals surface area contributed by atoms with Gasteiger partial charge in [0.2, 0.25) is 0 Å². The molecule has 0 amide bonds. The first-order chi connectivity index (χ1) is 13.3.